The van der Waals surface area contributed by atoms with E-state index in [1.165, 1.54) is 55.8 Å². The van der Waals surface area contributed by atoms with Crippen LogP contribution in [0.2, 0.25) is 12.1 Å². The largest absolute Gasteiger partial charge is 0.293 e. The zero-order valence-electron chi connectivity index (χ0n) is 12.2. The lowest BCUT2D eigenvalue weighted by molar-refractivity contribution is 0.612. The van der Waals surface area contributed by atoms with Crippen LogP contribution in [0.3, 0.4) is 0 Å². The minimum Gasteiger partial charge on any atom is -0.293 e. The van der Waals surface area contributed by atoms with Gasteiger partial charge in [-0.05, 0) is 6.42 Å². The molecule has 17 heavy (non-hydrogen) atoms. The van der Waals surface area contributed by atoms with Gasteiger partial charge in [0.25, 0.3) is 0 Å². The maximum Gasteiger partial charge on any atom is 0.0715 e. The van der Waals surface area contributed by atoms with Gasteiger partial charge in [-0.3, -0.25) is 4.99 Å². The second kappa shape index (κ2) is 12.1. The number of allylic oxidation sites excluding steroid dienone is 1. The Kier molecular flexibility index (Phi) is 11.8. The molecule has 0 aliphatic heterocycles. The van der Waals surface area contributed by atoms with Crippen LogP contribution in [0.5, 0.6) is 0 Å². The second-order valence-electron chi connectivity index (χ2n) is 4.89. The van der Waals surface area contributed by atoms with E-state index in [1.54, 1.807) is 0 Å². The fourth-order valence-corrected chi connectivity index (χ4v) is 4.03. The molecule has 0 heterocycles. The zero-order valence-corrected chi connectivity index (χ0v) is 13.3. The summed E-state index contributed by atoms with van der Waals surface area (Å²) in [5, 5.41) is 1.35. The molecule has 0 bridgehead atoms. The van der Waals surface area contributed by atoms with Crippen LogP contribution in [0.15, 0.2) is 16.8 Å². The highest BCUT2D eigenvalue weighted by atomic mass is 28.3. The molecule has 0 aromatic rings. The third kappa shape index (κ3) is 9.34. The molecule has 100 valence electrons. The third-order valence-electron chi connectivity index (χ3n) is 3.41. The Hall–Kier alpha value is -0.373. The quantitative estimate of drug-likeness (QED) is 0.285. The molecule has 2 heteroatoms. The molecule has 0 fully saturated rings. The van der Waals surface area contributed by atoms with Gasteiger partial charge in [0.1, 0.15) is 0 Å². The van der Waals surface area contributed by atoms with Gasteiger partial charge in [-0.2, -0.15) is 0 Å². The minimum absolute atomic E-state index is 0.704. The van der Waals surface area contributed by atoms with E-state index in [0.29, 0.717) is 0 Å². The summed E-state index contributed by atoms with van der Waals surface area (Å²) in [6, 6.07) is 2.64. The summed E-state index contributed by atoms with van der Waals surface area (Å²) in [6.07, 6.45) is 10.2. The van der Waals surface area contributed by atoms with Crippen LogP contribution >= 0.6 is 0 Å². The van der Waals surface area contributed by atoms with Crippen molar-refractivity contribution in [1.29, 1.82) is 0 Å². The third-order valence-corrected chi connectivity index (χ3v) is 6.58. The lowest BCUT2D eigenvalue weighted by Crippen LogP contribution is -2.13. The SMILES string of the molecule is C=C(C=NCCCCCCCC)[SiH](CC)CC. The van der Waals surface area contributed by atoms with Gasteiger partial charge < -0.3 is 0 Å². The van der Waals surface area contributed by atoms with Gasteiger partial charge in [0.15, 0.2) is 0 Å². The monoisotopic (exact) mass is 253 g/mol. The Balaban J connectivity index is 3.50. The van der Waals surface area contributed by atoms with Gasteiger partial charge in [-0.25, -0.2) is 0 Å². The van der Waals surface area contributed by atoms with Gasteiger partial charge in [0.2, 0.25) is 0 Å². The van der Waals surface area contributed by atoms with Crippen molar-refractivity contribution in [2.45, 2.75) is 71.4 Å². The Morgan fingerprint density at radius 3 is 2.18 bits per heavy atom. The normalized spacial score (nSPS) is 11.5. The van der Waals surface area contributed by atoms with Gasteiger partial charge in [0, 0.05) is 12.8 Å². The first-order chi connectivity index (χ1) is 8.26. The molecule has 0 saturated heterocycles. The number of hydrogen-bond acceptors (Lipinski definition) is 1. The van der Waals surface area contributed by atoms with Crippen LogP contribution in [0.25, 0.3) is 0 Å². The first-order valence-corrected chi connectivity index (χ1v) is 9.65. The van der Waals surface area contributed by atoms with Crippen molar-refractivity contribution < 1.29 is 0 Å². The van der Waals surface area contributed by atoms with Crippen LogP contribution in [0.1, 0.15) is 59.3 Å². The number of aliphatic imine (C=N–C) groups is 1. The van der Waals surface area contributed by atoms with Crippen molar-refractivity contribution in [3.63, 3.8) is 0 Å². The molecule has 0 aromatic heterocycles. The molecule has 0 N–H and O–H groups in total. The summed E-state index contributed by atoms with van der Waals surface area (Å²) >= 11 is 0. The van der Waals surface area contributed by atoms with E-state index in [0.717, 1.165) is 6.54 Å². The predicted octanol–water partition coefficient (Wildman–Crippen LogP) is 4.78. The summed E-state index contributed by atoms with van der Waals surface area (Å²) in [5.41, 5.74) is 0. The molecule has 0 atom stereocenters. The van der Waals surface area contributed by atoms with Gasteiger partial charge in [-0.1, -0.05) is 76.7 Å². The molecular formula is C15H31NSi. The van der Waals surface area contributed by atoms with Crippen LogP contribution < -0.4 is 0 Å². The standard InChI is InChI=1S/C15H31NSi/c1-5-8-9-10-11-12-13-16-14-15(4)17(6-2)7-3/h14,17H,4-13H2,1-3H3. The second-order valence-corrected chi connectivity index (χ2v) is 8.66. The predicted molar refractivity (Wildman–Crippen MR) is 84.0 cm³/mol. The van der Waals surface area contributed by atoms with Gasteiger partial charge in [0.05, 0.1) is 8.80 Å². The smallest absolute Gasteiger partial charge is 0.0715 e. The van der Waals surface area contributed by atoms with Crippen molar-refractivity contribution in [3.8, 4) is 0 Å². The summed E-state index contributed by atoms with van der Waals surface area (Å²) in [4.78, 5) is 4.52. The van der Waals surface area contributed by atoms with E-state index in [1.807, 2.05) is 0 Å². The average molecular weight is 254 g/mol. The first-order valence-electron chi connectivity index (χ1n) is 7.44. The fourth-order valence-electron chi connectivity index (χ4n) is 2.08. The molecular weight excluding hydrogens is 222 g/mol. The molecule has 0 aliphatic carbocycles. The minimum atomic E-state index is -0.704. The summed E-state index contributed by atoms with van der Waals surface area (Å²) in [5.74, 6) is 0. The highest BCUT2D eigenvalue weighted by Gasteiger charge is 2.06. The Labute approximate surface area is 110 Å². The molecule has 0 spiro atoms. The highest BCUT2D eigenvalue weighted by Crippen LogP contribution is 2.07. The van der Waals surface area contributed by atoms with Crippen molar-refractivity contribution in [1.82, 2.24) is 0 Å². The summed E-state index contributed by atoms with van der Waals surface area (Å²) in [6.45, 7) is 12.0. The molecule has 1 nitrogen and oxygen atoms in total. The maximum absolute atomic E-state index is 4.52. The number of hydrogen-bond donors (Lipinski definition) is 0. The lowest BCUT2D eigenvalue weighted by atomic mass is 10.1. The van der Waals surface area contributed by atoms with Crippen LogP contribution in [0, 0.1) is 0 Å². The summed E-state index contributed by atoms with van der Waals surface area (Å²) in [7, 11) is -0.704. The van der Waals surface area contributed by atoms with E-state index in [4.69, 9.17) is 0 Å². The van der Waals surface area contributed by atoms with E-state index in [-0.39, 0.29) is 0 Å². The topological polar surface area (TPSA) is 12.4 Å². The van der Waals surface area contributed by atoms with E-state index in [2.05, 4.69) is 38.6 Å². The zero-order chi connectivity index (χ0) is 12.9. The average Bonchev–Trinajstić information content (AvgIpc) is 2.34. The number of unbranched alkanes of at least 4 members (excludes halogenated alkanes) is 5. The molecule has 0 radical (unpaired) electrons. The molecule has 0 aliphatic rings. The van der Waals surface area contributed by atoms with E-state index < -0.39 is 8.80 Å². The number of nitrogens with zero attached hydrogens (tertiary/aromatic N) is 1. The molecule has 0 amide bonds. The molecule has 0 aromatic carbocycles. The number of rotatable bonds is 11. The highest BCUT2D eigenvalue weighted by molar-refractivity contribution is 6.70. The Morgan fingerprint density at radius 1 is 1.00 bits per heavy atom. The van der Waals surface area contributed by atoms with Gasteiger partial charge >= 0.3 is 0 Å². The Bertz CT molecular complexity index is 207. The molecule has 0 rings (SSSR count). The van der Waals surface area contributed by atoms with E-state index >= 15 is 0 Å². The summed E-state index contributed by atoms with van der Waals surface area (Å²) < 4.78 is 0. The maximum atomic E-state index is 4.52. The first kappa shape index (κ1) is 16.6. The van der Waals surface area contributed by atoms with Crippen LogP contribution in [-0.4, -0.2) is 21.6 Å². The van der Waals surface area contributed by atoms with Crippen molar-refractivity contribution >= 4 is 15.0 Å². The molecule has 0 saturated carbocycles. The van der Waals surface area contributed by atoms with Crippen molar-refractivity contribution in [2.75, 3.05) is 6.54 Å². The lowest BCUT2D eigenvalue weighted by Gasteiger charge is -2.09. The Morgan fingerprint density at radius 2 is 1.59 bits per heavy atom. The van der Waals surface area contributed by atoms with Gasteiger partial charge in [-0.15, -0.1) is 0 Å². The molecule has 0 unspecified atom stereocenters. The van der Waals surface area contributed by atoms with Crippen molar-refractivity contribution in [2.24, 2.45) is 4.99 Å². The van der Waals surface area contributed by atoms with Crippen molar-refractivity contribution in [3.05, 3.63) is 11.8 Å². The fraction of sp³-hybridized carbons (Fsp3) is 0.800. The van der Waals surface area contributed by atoms with Crippen LogP contribution in [0.4, 0.5) is 0 Å². The van der Waals surface area contributed by atoms with E-state index in [9.17, 15) is 0 Å². The van der Waals surface area contributed by atoms with Crippen LogP contribution in [-0.2, 0) is 0 Å².